The first-order valence-electron chi connectivity index (χ1n) is 5.67. The Morgan fingerprint density at radius 1 is 1.44 bits per heavy atom. The van der Waals surface area contributed by atoms with Crippen LogP contribution >= 0.6 is 27.5 Å². The van der Waals surface area contributed by atoms with E-state index in [1.54, 1.807) is 0 Å². The van der Waals surface area contributed by atoms with Crippen molar-refractivity contribution in [2.24, 2.45) is 0 Å². The van der Waals surface area contributed by atoms with Crippen LogP contribution in [0.5, 0.6) is 0 Å². The molecule has 1 nitrogen and oxygen atoms in total. The van der Waals surface area contributed by atoms with Crippen LogP contribution in [-0.2, 0) is 5.33 Å². The molecule has 0 heterocycles. The number of hydrogen-bond acceptors (Lipinski definition) is 1. The number of alkyl halides is 1. The molecule has 0 saturated heterocycles. The summed E-state index contributed by atoms with van der Waals surface area (Å²) < 4.78 is 0. The van der Waals surface area contributed by atoms with Crippen molar-refractivity contribution in [1.82, 2.24) is 0 Å². The molecule has 0 spiro atoms. The number of anilines is 1. The lowest BCUT2D eigenvalue weighted by molar-refractivity contribution is 0.615. The second kappa shape index (κ2) is 6.51. The van der Waals surface area contributed by atoms with E-state index in [1.807, 2.05) is 12.1 Å². The van der Waals surface area contributed by atoms with Crippen LogP contribution < -0.4 is 4.90 Å². The molecule has 0 saturated carbocycles. The van der Waals surface area contributed by atoms with Crippen molar-refractivity contribution >= 4 is 33.2 Å². The van der Waals surface area contributed by atoms with Gasteiger partial charge >= 0.3 is 0 Å². The number of nitrogens with zero attached hydrogens (tertiary/aromatic N) is 1. The molecule has 1 unspecified atom stereocenters. The van der Waals surface area contributed by atoms with Crippen LogP contribution in [0.1, 0.15) is 32.3 Å². The second-order valence-corrected chi connectivity index (χ2v) is 5.15. The summed E-state index contributed by atoms with van der Waals surface area (Å²) in [5.74, 6) is 0. The van der Waals surface area contributed by atoms with E-state index >= 15 is 0 Å². The maximum absolute atomic E-state index is 6.06. The Kier molecular flexibility index (Phi) is 5.63. The quantitative estimate of drug-likeness (QED) is 0.702. The Morgan fingerprint density at radius 2 is 2.12 bits per heavy atom. The number of benzene rings is 1. The molecule has 0 N–H and O–H groups in total. The highest BCUT2D eigenvalue weighted by Gasteiger charge is 2.12. The summed E-state index contributed by atoms with van der Waals surface area (Å²) in [7, 11) is 2.14. The predicted octanol–water partition coefficient (Wildman–Crippen LogP) is 4.86. The molecule has 0 amide bonds. The maximum Gasteiger partial charge on any atom is 0.0426 e. The molecular weight excluding hydrogens is 286 g/mol. The third kappa shape index (κ3) is 3.39. The van der Waals surface area contributed by atoms with E-state index in [0.717, 1.165) is 10.4 Å². The van der Waals surface area contributed by atoms with Crippen molar-refractivity contribution in [3.05, 3.63) is 28.8 Å². The standard InChI is InChI=1S/C13H19BrClN/c1-4-5-10(2)16(3)13-8-12(15)7-6-11(13)9-14/h6-8,10H,4-5,9H2,1-3H3. The predicted molar refractivity (Wildman–Crippen MR) is 76.9 cm³/mol. The van der Waals surface area contributed by atoms with Gasteiger partial charge in [0.15, 0.2) is 0 Å². The summed E-state index contributed by atoms with van der Waals surface area (Å²) >= 11 is 9.58. The van der Waals surface area contributed by atoms with Crippen LogP contribution in [-0.4, -0.2) is 13.1 Å². The zero-order valence-electron chi connectivity index (χ0n) is 10.1. The van der Waals surface area contributed by atoms with E-state index in [1.165, 1.54) is 24.1 Å². The zero-order chi connectivity index (χ0) is 12.1. The number of hydrogen-bond donors (Lipinski definition) is 0. The van der Waals surface area contributed by atoms with Gasteiger partial charge in [-0.15, -0.1) is 0 Å². The lowest BCUT2D eigenvalue weighted by Gasteiger charge is -2.28. The van der Waals surface area contributed by atoms with E-state index < -0.39 is 0 Å². The van der Waals surface area contributed by atoms with Crippen molar-refractivity contribution in [2.75, 3.05) is 11.9 Å². The highest BCUT2D eigenvalue weighted by Crippen LogP contribution is 2.28. The van der Waals surface area contributed by atoms with Gasteiger partial charge in [-0.2, -0.15) is 0 Å². The Hall–Kier alpha value is -0.210. The molecule has 0 aromatic heterocycles. The molecule has 0 bridgehead atoms. The number of rotatable bonds is 5. The van der Waals surface area contributed by atoms with Gasteiger partial charge in [-0.3, -0.25) is 0 Å². The Bertz CT molecular complexity index is 341. The van der Waals surface area contributed by atoms with Gasteiger partial charge < -0.3 is 4.90 Å². The Morgan fingerprint density at radius 3 is 2.69 bits per heavy atom. The first-order valence-corrected chi connectivity index (χ1v) is 7.17. The van der Waals surface area contributed by atoms with Crippen molar-refractivity contribution in [2.45, 2.75) is 38.1 Å². The molecular formula is C13H19BrClN. The maximum atomic E-state index is 6.06. The molecule has 1 rings (SSSR count). The van der Waals surface area contributed by atoms with E-state index in [2.05, 4.69) is 47.8 Å². The summed E-state index contributed by atoms with van der Waals surface area (Å²) in [6, 6.07) is 6.62. The zero-order valence-corrected chi connectivity index (χ0v) is 12.5. The highest BCUT2D eigenvalue weighted by atomic mass is 79.9. The van der Waals surface area contributed by atoms with Crippen LogP contribution in [0.4, 0.5) is 5.69 Å². The minimum Gasteiger partial charge on any atom is -0.372 e. The molecule has 3 heteroatoms. The monoisotopic (exact) mass is 303 g/mol. The summed E-state index contributed by atoms with van der Waals surface area (Å²) in [6.45, 7) is 4.47. The van der Waals surface area contributed by atoms with Crippen molar-refractivity contribution < 1.29 is 0 Å². The molecule has 16 heavy (non-hydrogen) atoms. The topological polar surface area (TPSA) is 3.24 Å². The second-order valence-electron chi connectivity index (χ2n) is 4.16. The Balaban J connectivity index is 2.96. The molecule has 1 atom stereocenters. The van der Waals surface area contributed by atoms with E-state index in [-0.39, 0.29) is 0 Å². The highest BCUT2D eigenvalue weighted by molar-refractivity contribution is 9.08. The summed E-state index contributed by atoms with van der Waals surface area (Å²) in [6.07, 6.45) is 2.40. The van der Waals surface area contributed by atoms with Gasteiger partial charge in [-0.25, -0.2) is 0 Å². The van der Waals surface area contributed by atoms with E-state index in [4.69, 9.17) is 11.6 Å². The van der Waals surface area contributed by atoms with Gasteiger partial charge in [0, 0.05) is 29.1 Å². The smallest absolute Gasteiger partial charge is 0.0426 e. The van der Waals surface area contributed by atoms with Gasteiger partial charge in [0.25, 0.3) is 0 Å². The van der Waals surface area contributed by atoms with Crippen LogP contribution in [0.3, 0.4) is 0 Å². The van der Waals surface area contributed by atoms with Crippen molar-refractivity contribution in [3.63, 3.8) is 0 Å². The largest absolute Gasteiger partial charge is 0.372 e. The van der Waals surface area contributed by atoms with Gasteiger partial charge in [0.2, 0.25) is 0 Å². The lowest BCUT2D eigenvalue weighted by atomic mass is 10.1. The normalized spacial score (nSPS) is 12.6. The van der Waals surface area contributed by atoms with Gasteiger partial charge in [-0.05, 0) is 31.0 Å². The molecule has 0 aliphatic carbocycles. The van der Waals surface area contributed by atoms with E-state index in [0.29, 0.717) is 6.04 Å². The number of halogens is 2. The summed E-state index contributed by atoms with van der Waals surface area (Å²) in [5, 5.41) is 1.66. The SMILES string of the molecule is CCCC(C)N(C)c1cc(Cl)ccc1CBr. The van der Waals surface area contributed by atoms with Crippen LogP contribution in [0, 0.1) is 0 Å². The molecule has 0 fully saturated rings. The summed E-state index contributed by atoms with van der Waals surface area (Å²) in [5.41, 5.74) is 2.51. The molecule has 1 aromatic carbocycles. The van der Waals surface area contributed by atoms with Gasteiger partial charge in [-0.1, -0.05) is 46.9 Å². The third-order valence-electron chi connectivity index (χ3n) is 2.94. The van der Waals surface area contributed by atoms with Crippen molar-refractivity contribution in [3.8, 4) is 0 Å². The molecule has 1 aromatic rings. The third-order valence-corrected chi connectivity index (χ3v) is 3.78. The van der Waals surface area contributed by atoms with Crippen LogP contribution in [0.2, 0.25) is 5.02 Å². The van der Waals surface area contributed by atoms with Gasteiger partial charge in [0.05, 0.1) is 0 Å². The lowest BCUT2D eigenvalue weighted by Crippen LogP contribution is -2.29. The van der Waals surface area contributed by atoms with Crippen LogP contribution in [0.25, 0.3) is 0 Å². The minimum atomic E-state index is 0.543. The summed E-state index contributed by atoms with van der Waals surface area (Å²) in [4.78, 5) is 2.31. The van der Waals surface area contributed by atoms with E-state index in [9.17, 15) is 0 Å². The van der Waals surface area contributed by atoms with Gasteiger partial charge in [0.1, 0.15) is 0 Å². The minimum absolute atomic E-state index is 0.543. The van der Waals surface area contributed by atoms with Crippen molar-refractivity contribution in [1.29, 1.82) is 0 Å². The Labute approximate surface area is 112 Å². The fourth-order valence-corrected chi connectivity index (χ4v) is 2.47. The first kappa shape index (κ1) is 13.9. The fraction of sp³-hybridized carbons (Fsp3) is 0.538. The fourth-order valence-electron chi connectivity index (χ4n) is 1.83. The molecule has 0 aliphatic rings. The average Bonchev–Trinajstić information content (AvgIpc) is 2.28. The molecule has 0 radical (unpaired) electrons. The first-order chi connectivity index (χ1) is 7.60. The molecule has 0 aliphatic heterocycles. The average molecular weight is 305 g/mol. The molecule has 90 valence electrons. The van der Waals surface area contributed by atoms with Crippen LogP contribution in [0.15, 0.2) is 18.2 Å².